The molecular weight excluding hydrogens is 366 g/mol. The van der Waals surface area contributed by atoms with Crippen LogP contribution in [0.5, 0.6) is 0 Å². The molecule has 1 saturated carbocycles. The van der Waals surface area contributed by atoms with Gasteiger partial charge < -0.3 is 4.74 Å². The molecule has 0 N–H and O–H groups in total. The molecule has 1 aliphatic carbocycles. The zero-order valence-electron chi connectivity index (χ0n) is 18.1. The maximum Gasteiger partial charge on any atom is 0.137 e. The second-order valence-electron chi connectivity index (χ2n) is 9.77. The second-order valence-corrected chi connectivity index (χ2v) is 9.77. The molecule has 0 spiro atoms. The van der Waals surface area contributed by atoms with Gasteiger partial charge in [-0.25, -0.2) is 8.78 Å². The van der Waals surface area contributed by atoms with E-state index in [1.807, 2.05) is 19.1 Å². The van der Waals surface area contributed by atoms with Gasteiger partial charge in [0.15, 0.2) is 0 Å². The van der Waals surface area contributed by atoms with E-state index in [4.69, 9.17) is 4.74 Å². The van der Waals surface area contributed by atoms with Crippen molar-refractivity contribution >= 4 is 10.8 Å². The highest BCUT2D eigenvalue weighted by atomic mass is 19.1. The zero-order chi connectivity index (χ0) is 20.5. The van der Waals surface area contributed by atoms with Crippen LogP contribution in [0.1, 0.15) is 68.6 Å². The van der Waals surface area contributed by atoms with Gasteiger partial charge in [-0.2, -0.15) is 0 Å². The van der Waals surface area contributed by atoms with Crippen LogP contribution in [-0.4, -0.2) is 12.7 Å². The molecule has 29 heavy (non-hydrogen) atoms. The van der Waals surface area contributed by atoms with E-state index in [0.29, 0.717) is 16.7 Å². The van der Waals surface area contributed by atoms with Crippen LogP contribution >= 0.6 is 0 Å². The standard InChI is InChI=1S/C26H34F2O/c1-16-4-6-19(7-5-16)11-20-8-9-23(29-15-20)13-21-10-17(2)25-22(12-21)14-24(27)18(3)26(25)28/h10,12,14,16,19-20,23H,4-9,11,13,15H2,1-3H3. The number of ether oxygens (including phenoxy) is 1. The van der Waals surface area contributed by atoms with E-state index in [2.05, 4.69) is 6.92 Å². The summed E-state index contributed by atoms with van der Waals surface area (Å²) in [4.78, 5) is 0. The highest BCUT2D eigenvalue weighted by molar-refractivity contribution is 5.87. The fourth-order valence-corrected chi connectivity index (χ4v) is 5.47. The lowest BCUT2D eigenvalue weighted by Gasteiger charge is -2.33. The number of hydrogen-bond acceptors (Lipinski definition) is 1. The molecule has 2 fully saturated rings. The van der Waals surface area contributed by atoms with Crippen LogP contribution in [0, 0.1) is 43.2 Å². The van der Waals surface area contributed by atoms with E-state index in [-0.39, 0.29) is 11.7 Å². The van der Waals surface area contributed by atoms with Crippen LogP contribution in [-0.2, 0) is 11.2 Å². The van der Waals surface area contributed by atoms with Gasteiger partial charge in [-0.15, -0.1) is 0 Å². The third-order valence-electron chi connectivity index (χ3n) is 7.34. The van der Waals surface area contributed by atoms with Gasteiger partial charge in [-0.3, -0.25) is 0 Å². The van der Waals surface area contributed by atoms with Crippen LogP contribution in [0.3, 0.4) is 0 Å². The average Bonchev–Trinajstić information content (AvgIpc) is 2.69. The molecule has 158 valence electrons. The van der Waals surface area contributed by atoms with Crippen LogP contribution in [0.2, 0.25) is 0 Å². The lowest BCUT2D eigenvalue weighted by molar-refractivity contribution is -0.0227. The van der Waals surface area contributed by atoms with Crippen molar-refractivity contribution in [1.29, 1.82) is 0 Å². The number of benzene rings is 2. The monoisotopic (exact) mass is 400 g/mol. The quantitative estimate of drug-likeness (QED) is 0.523. The minimum atomic E-state index is -0.472. The van der Waals surface area contributed by atoms with E-state index >= 15 is 0 Å². The Labute approximate surface area is 173 Å². The molecule has 1 aliphatic heterocycles. The van der Waals surface area contributed by atoms with Crippen molar-refractivity contribution in [2.24, 2.45) is 17.8 Å². The van der Waals surface area contributed by atoms with Crippen LogP contribution in [0.25, 0.3) is 10.8 Å². The smallest absolute Gasteiger partial charge is 0.137 e. The summed E-state index contributed by atoms with van der Waals surface area (Å²) in [5.74, 6) is 1.61. The van der Waals surface area contributed by atoms with Crippen LogP contribution in [0.4, 0.5) is 8.78 Å². The van der Waals surface area contributed by atoms with Gasteiger partial charge in [0, 0.05) is 17.6 Å². The summed E-state index contributed by atoms with van der Waals surface area (Å²) in [5, 5.41) is 1.19. The summed E-state index contributed by atoms with van der Waals surface area (Å²) in [6, 6.07) is 5.45. The van der Waals surface area contributed by atoms with Gasteiger partial charge in [-0.05, 0) is 79.9 Å². The van der Waals surface area contributed by atoms with Crippen molar-refractivity contribution in [3.8, 4) is 0 Å². The highest BCUT2D eigenvalue weighted by Gasteiger charge is 2.26. The van der Waals surface area contributed by atoms with E-state index in [9.17, 15) is 8.78 Å². The number of rotatable bonds is 4. The molecule has 0 bridgehead atoms. The maximum absolute atomic E-state index is 14.5. The van der Waals surface area contributed by atoms with Gasteiger partial charge in [0.2, 0.25) is 0 Å². The lowest BCUT2D eigenvalue weighted by Crippen LogP contribution is -2.29. The molecule has 1 nitrogen and oxygen atoms in total. The van der Waals surface area contributed by atoms with Crippen LogP contribution < -0.4 is 0 Å². The predicted octanol–water partition coefficient (Wildman–Crippen LogP) is 7.29. The Balaban J connectivity index is 1.37. The summed E-state index contributed by atoms with van der Waals surface area (Å²) in [6.07, 6.45) is 10.3. The largest absolute Gasteiger partial charge is 0.378 e. The fourth-order valence-electron chi connectivity index (χ4n) is 5.47. The molecule has 2 aliphatic rings. The first-order chi connectivity index (χ1) is 13.9. The summed E-state index contributed by atoms with van der Waals surface area (Å²) < 4.78 is 34.8. The molecule has 2 aromatic carbocycles. The minimum Gasteiger partial charge on any atom is -0.378 e. The van der Waals surface area contributed by atoms with Crippen molar-refractivity contribution in [3.63, 3.8) is 0 Å². The maximum atomic E-state index is 14.5. The molecule has 2 aromatic rings. The third-order valence-corrected chi connectivity index (χ3v) is 7.34. The SMILES string of the molecule is Cc1c(F)cc2cc(CC3CCC(CC4CCC(C)CC4)CO3)cc(C)c2c1F. The third kappa shape index (κ3) is 4.66. The summed E-state index contributed by atoms with van der Waals surface area (Å²) in [5.41, 5.74) is 2.09. The highest BCUT2D eigenvalue weighted by Crippen LogP contribution is 2.36. The lowest BCUT2D eigenvalue weighted by atomic mass is 9.77. The molecule has 0 radical (unpaired) electrons. The van der Waals surface area contributed by atoms with Gasteiger partial charge in [0.1, 0.15) is 11.6 Å². The molecular formula is C26H34F2O. The van der Waals surface area contributed by atoms with Crippen molar-refractivity contribution in [1.82, 2.24) is 0 Å². The summed E-state index contributed by atoms with van der Waals surface area (Å²) >= 11 is 0. The van der Waals surface area contributed by atoms with Gasteiger partial charge in [0.05, 0.1) is 6.10 Å². The van der Waals surface area contributed by atoms with E-state index in [1.165, 1.54) is 51.5 Å². The molecule has 2 atom stereocenters. The normalized spacial score (nSPS) is 28.0. The van der Waals surface area contributed by atoms with Crippen molar-refractivity contribution in [2.75, 3.05) is 6.61 Å². The molecule has 3 heteroatoms. The Morgan fingerprint density at radius 1 is 0.931 bits per heavy atom. The fraction of sp³-hybridized carbons (Fsp3) is 0.615. The Kier molecular flexibility index (Phi) is 6.24. The van der Waals surface area contributed by atoms with Crippen LogP contribution in [0.15, 0.2) is 18.2 Å². The number of fused-ring (bicyclic) bond motifs is 1. The first-order valence-electron chi connectivity index (χ1n) is 11.4. The van der Waals surface area contributed by atoms with E-state index in [1.54, 1.807) is 0 Å². The van der Waals surface area contributed by atoms with Gasteiger partial charge >= 0.3 is 0 Å². The average molecular weight is 401 g/mol. The molecule has 1 heterocycles. The molecule has 4 rings (SSSR count). The molecule has 2 unspecified atom stereocenters. The minimum absolute atomic E-state index is 0.0995. The van der Waals surface area contributed by atoms with Gasteiger partial charge in [0.25, 0.3) is 0 Å². The van der Waals surface area contributed by atoms with Crippen molar-refractivity contribution < 1.29 is 13.5 Å². The second kappa shape index (κ2) is 8.71. The Morgan fingerprint density at radius 3 is 2.34 bits per heavy atom. The van der Waals surface area contributed by atoms with Crippen molar-refractivity contribution in [2.45, 2.75) is 78.2 Å². The Morgan fingerprint density at radius 2 is 1.66 bits per heavy atom. The molecule has 0 aromatic heterocycles. The zero-order valence-corrected chi connectivity index (χ0v) is 18.1. The van der Waals surface area contributed by atoms with E-state index < -0.39 is 11.6 Å². The number of halogens is 2. The topological polar surface area (TPSA) is 9.23 Å². The van der Waals surface area contributed by atoms with E-state index in [0.717, 1.165) is 42.4 Å². The number of hydrogen-bond donors (Lipinski definition) is 0. The van der Waals surface area contributed by atoms with Gasteiger partial charge in [-0.1, -0.05) is 44.7 Å². The first-order valence-corrected chi connectivity index (χ1v) is 11.4. The predicted molar refractivity (Wildman–Crippen MR) is 115 cm³/mol. The Bertz CT molecular complexity index is 859. The first kappa shape index (κ1) is 20.8. The van der Waals surface area contributed by atoms with Crippen molar-refractivity contribution in [3.05, 3.63) is 46.5 Å². The number of aryl methyl sites for hydroxylation is 1. The Hall–Kier alpha value is -1.48. The molecule has 1 saturated heterocycles. The molecule has 0 amide bonds. The summed E-state index contributed by atoms with van der Waals surface area (Å²) in [6.45, 7) is 6.65. The summed E-state index contributed by atoms with van der Waals surface area (Å²) in [7, 11) is 0.